The van der Waals surface area contributed by atoms with Crippen LogP contribution in [0.3, 0.4) is 0 Å². The van der Waals surface area contributed by atoms with Gasteiger partial charge in [-0.05, 0) is 6.07 Å². The molecule has 1 rings (SSSR count). The van der Waals surface area contributed by atoms with Crippen molar-refractivity contribution in [1.29, 1.82) is 0 Å². The zero-order chi connectivity index (χ0) is 10.4. The molecule has 0 spiro atoms. The second-order valence-corrected chi connectivity index (χ2v) is 2.62. The second-order valence-electron chi connectivity index (χ2n) is 2.62. The molecule has 5 heteroatoms. The van der Waals surface area contributed by atoms with E-state index in [0.29, 0.717) is 18.9 Å². The highest BCUT2D eigenvalue weighted by Gasteiger charge is 2.10. The maximum absolute atomic E-state index is 5.17. The van der Waals surface area contributed by atoms with E-state index in [-0.39, 0.29) is 0 Å². The molecule has 0 aliphatic carbocycles. The molecular weight excluding hydrogens is 184 g/mol. The van der Waals surface area contributed by atoms with Gasteiger partial charge in [-0.3, -0.25) is 0 Å². The van der Waals surface area contributed by atoms with Gasteiger partial charge < -0.3 is 14.3 Å². The van der Waals surface area contributed by atoms with E-state index in [1.807, 2.05) is 0 Å². The van der Waals surface area contributed by atoms with E-state index in [4.69, 9.17) is 15.4 Å². The van der Waals surface area contributed by atoms with E-state index in [1.165, 1.54) is 0 Å². The number of methoxy groups -OCH3 is 2. The minimum atomic E-state index is 0.401. The number of rotatable bonds is 5. The van der Waals surface area contributed by atoms with Crippen molar-refractivity contribution in [3.8, 4) is 11.6 Å². The van der Waals surface area contributed by atoms with Gasteiger partial charge in [-0.15, -0.1) is 0 Å². The Kier molecular flexibility index (Phi) is 4.15. The van der Waals surface area contributed by atoms with Gasteiger partial charge in [-0.25, -0.2) is 10.9 Å². The highest BCUT2D eigenvalue weighted by Crippen LogP contribution is 2.25. The molecule has 0 saturated carbocycles. The molecule has 0 aliphatic heterocycles. The molecule has 0 radical (unpaired) electrons. The fourth-order valence-electron chi connectivity index (χ4n) is 1.21. The average molecular weight is 198 g/mol. The normalized spacial score (nSPS) is 9.93. The summed E-state index contributed by atoms with van der Waals surface area (Å²) in [4.78, 5) is 8.57. The van der Waals surface area contributed by atoms with Crippen molar-refractivity contribution in [2.24, 2.45) is 5.90 Å². The number of hydrogen-bond donors (Lipinski definition) is 1. The van der Waals surface area contributed by atoms with E-state index in [1.54, 1.807) is 26.5 Å². The molecule has 0 aliphatic rings. The molecule has 0 aromatic carbocycles. The van der Waals surface area contributed by atoms with Crippen LogP contribution in [0.5, 0.6) is 11.6 Å². The smallest absolute Gasteiger partial charge is 0.220 e. The van der Waals surface area contributed by atoms with Crippen molar-refractivity contribution in [2.45, 2.75) is 6.42 Å². The van der Waals surface area contributed by atoms with E-state index < -0.39 is 0 Å². The topological polar surface area (TPSA) is 66.6 Å². The van der Waals surface area contributed by atoms with Crippen LogP contribution in [0.15, 0.2) is 12.3 Å². The van der Waals surface area contributed by atoms with Gasteiger partial charge in [0.2, 0.25) is 5.88 Å². The standard InChI is InChI=1S/C9H14N2O3/c1-12-8-3-5-11-9(13-2)7(8)4-6-14-10/h3,5H,4,6,10H2,1-2H3. The minimum absolute atomic E-state index is 0.401. The van der Waals surface area contributed by atoms with Gasteiger partial charge in [0.25, 0.3) is 0 Å². The maximum atomic E-state index is 5.17. The summed E-state index contributed by atoms with van der Waals surface area (Å²) in [5.41, 5.74) is 0.864. The van der Waals surface area contributed by atoms with E-state index in [0.717, 1.165) is 11.3 Å². The predicted octanol–water partition coefficient (Wildman–Crippen LogP) is 0.532. The van der Waals surface area contributed by atoms with Crippen molar-refractivity contribution < 1.29 is 14.3 Å². The van der Waals surface area contributed by atoms with Crippen LogP contribution in [0.1, 0.15) is 5.56 Å². The van der Waals surface area contributed by atoms with Crippen molar-refractivity contribution in [2.75, 3.05) is 20.8 Å². The molecule has 78 valence electrons. The van der Waals surface area contributed by atoms with Gasteiger partial charge in [0.05, 0.1) is 26.4 Å². The summed E-state index contributed by atoms with van der Waals surface area (Å²) < 4.78 is 10.3. The zero-order valence-corrected chi connectivity index (χ0v) is 8.32. The van der Waals surface area contributed by atoms with Crippen molar-refractivity contribution in [1.82, 2.24) is 4.98 Å². The summed E-state index contributed by atoms with van der Waals surface area (Å²) >= 11 is 0. The zero-order valence-electron chi connectivity index (χ0n) is 8.32. The first-order valence-corrected chi connectivity index (χ1v) is 4.21. The van der Waals surface area contributed by atoms with Crippen LogP contribution in [0, 0.1) is 0 Å². The number of pyridine rings is 1. The second kappa shape index (κ2) is 5.41. The van der Waals surface area contributed by atoms with Crippen molar-refractivity contribution in [3.63, 3.8) is 0 Å². The minimum Gasteiger partial charge on any atom is -0.496 e. The van der Waals surface area contributed by atoms with Crippen LogP contribution in [-0.2, 0) is 11.3 Å². The molecule has 1 aromatic heterocycles. The lowest BCUT2D eigenvalue weighted by Crippen LogP contribution is -2.06. The van der Waals surface area contributed by atoms with E-state index >= 15 is 0 Å². The summed E-state index contributed by atoms with van der Waals surface area (Å²) in [7, 11) is 3.16. The van der Waals surface area contributed by atoms with Crippen LogP contribution in [-0.4, -0.2) is 25.8 Å². The van der Waals surface area contributed by atoms with Crippen molar-refractivity contribution >= 4 is 0 Å². The fourth-order valence-corrected chi connectivity index (χ4v) is 1.21. The summed E-state index contributed by atoms with van der Waals surface area (Å²) in [6.07, 6.45) is 2.24. The molecule has 1 aromatic rings. The molecule has 0 saturated heterocycles. The Hall–Kier alpha value is -1.33. The molecule has 0 amide bonds. The Morgan fingerprint density at radius 1 is 1.36 bits per heavy atom. The number of aromatic nitrogens is 1. The first-order valence-electron chi connectivity index (χ1n) is 4.21. The molecule has 2 N–H and O–H groups in total. The van der Waals surface area contributed by atoms with Crippen LogP contribution < -0.4 is 15.4 Å². The van der Waals surface area contributed by atoms with E-state index in [2.05, 4.69) is 9.82 Å². The summed E-state index contributed by atoms with van der Waals surface area (Å²) in [6.45, 7) is 0.401. The van der Waals surface area contributed by atoms with Gasteiger partial charge in [0, 0.05) is 12.6 Å². The van der Waals surface area contributed by atoms with Gasteiger partial charge in [-0.1, -0.05) is 0 Å². The van der Waals surface area contributed by atoms with E-state index in [9.17, 15) is 0 Å². The summed E-state index contributed by atoms with van der Waals surface area (Å²) in [5, 5.41) is 0. The molecular formula is C9H14N2O3. The molecule has 1 heterocycles. The number of ether oxygens (including phenoxy) is 2. The number of nitrogens with zero attached hydrogens (tertiary/aromatic N) is 1. The first-order chi connectivity index (χ1) is 6.83. The average Bonchev–Trinajstić information content (AvgIpc) is 2.25. The maximum Gasteiger partial charge on any atom is 0.220 e. The Labute approximate surface area is 82.7 Å². The van der Waals surface area contributed by atoms with Gasteiger partial charge in [-0.2, -0.15) is 0 Å². The Morgan fingerprint density at radius 2 is 2.14 bits per heavy atom. The van der Waals surface area contributed by atoms with Gasteiger partial charge >= 0.3 is 0 Å². The lowest BCUT2D eigenvalue weighted by molar-refractivity contribution is 0.140. The quantitative estimate of drug-likeness (QED) is 0.699. The lowest BCUT2D eigenvalue weighted by Gasteiger charge is -2.10. The summed E-state index contributed by atoms with van der Waals surface area (Å²) in [6, 6.07) is 1.77. The van der Waals surface area contributed by atoms with Crippen LogP contribution >= 0.6 is 0 Å². The molecule has 0 unspecified atom stereocenters. The fraction of sp³-hybridized carbons (Fsp3) is 0.444. The lowest BCUT2D eigenvalue weighted by atomic mass is 10.2. The third kappa shape index (κ3) is 2.34. The molecule has 0 fully saturated rings. The Balaban J connectivity index is 2.93. The van der Waals surface area contributed by atoms with Crippen LogP contribution in [0.2, 0.25) is 0 Å². The Bertz CT molecular complexity index is 269. The Morgan fingerprint density at radius 3 is 2.71 bits per heavy atom. The van der Waals surface area contributed by atoms with Crippen LogP contribution in [0.4, 0.5) is 0 Å². The highest BCUT2D eigenvalue weighted by atomic mass is 16.6. The monoisotopic (exact) mass is 198 g/mol. The third-order valence-corrected chi connectivity index (χ3v) is 1.86. The first kappa shape index (κ1) is 10.7. The third-order valence-electron chi connectivity index (χ3n) is 1.86. The molecule has 0 bridgehead atoms. The summed E-state index contributed by atoms with van der Waals surface area (Å²) in [5.74, 6) is 6.23. The molecule has 14 heavy (non-hydrogen) atoms. The van der Waals surface area contributed by atoms with Crippen LogP contribution in [0.25, 0.3) is 0 Å². The predicted molar refractivity (Wildman–Crippen MR) is 51.2 cm³/mol. The van der Waals surface area contributed by atoms with Gasteiger partial charge in [0.1, 0.15) is 5.75 Å². The highest BCUT2D eigenvalue weighted by molar-refractivity contribution is 5.39. The largest absolute Gasteiger partial charge is 0.496 e. The van der Waals surface area contributed by atoms with Crippen molar-refractivity contribution in [3.05, 3.63) is 17.8 Å². The number of nitrogens with two attached hydrogens (primary N) is 1. The van der Waals surface area contributed by atoms with Gasteiger partial charge in [0.15, 0.2) is 0 Å². The molecule has 5 nitrogen and oxygen atoms in total. The molecule has 0 atom stereocenters. The number of hydrogen-bond acceptors (Lipinski definition) is 5. The SMILES string of the molecule is COc1ccnc(OC)c1CCON.